The Labute approximate surface area is 117 Å². The fraction of sp³-hybridized carbons (Fsp3) is 0.250. The van der Waals surface area contributed by atoms with Gasteiger partial charge in [-0.2, -0.15) is 0 Å². The first-order valence-electron chi connectivity index (χ1n) is 5.35. The molecule has 1 aromatic carbocycles. The summed E-state index contributed by atoms with van der Waals surface area (Å²) in [6, 6.07) is 4.62. The highest BCUT2D eigenvalue weighted by Gasteiger charge is 2.08. The van der Waals surface area contributed by atoms with E-state index in [1.54, 1.807) is 19.4 Å². The van der Waals surface area contributed by atoms with Gasteiger partial charge in [0, 0.05) is 29.9 Å². The van der Waals surface area contributed by atoms with Crippen LogP contribution in [0, 0.1) is 5.82 Å². The molecule has 1 heterocycles. The molecule has 0 saturated heterocycles. The van der Waals surface area contributed by atoms with Crippen molar-refractivity contribution in [3.8, 4) is 10.4 Å². The fourth-order valence-corrected chi connectivity index (χ4v) is 2.89. The largest absolute Gasteiger partial charge is 0.383 e. The predicted molar refractivity (Wildman–Crippen MR) is 75.6 cm³/mol. The van der Waals surface area contributed by atoms with Gasteiger partial charge in [0.1, 0.15) is 5.82 Å². The number of thiazole rings is 1. The van der Waals surface area contributed by atoms with Crippen LogP contribution in [0.1, 0.15) is 0 Å². The zero-order valence-electron chi connectivity index (χ0n) is 9.74. The van der Waals surface area contributed by atoms with E-state index in [4.69, 9.17) is 4.74 Å². The third kappa shape index (κ3) is 3.28. The minimum absolute atomic E-state index is 0.254. The molecule has 0 aliphatic rings. The Balaban J connectivity index is 2.16. The summed E-state index contributed by atoms with van der Waals surface area (Å²) in [6.45, 7) is 1.33. The minimum atomic E-state index is -0.254. The van der Waals surface area contributed by atoms with Gasteiger partial charge in [-0.15, -0.1) is 0 Å². The number of methoxy groups -OCH3 is 1. The maximum Gasteiger partial charge on any atom is 0.183 e. The summed E-state index contributed by atoms with van der Waals surface area (Å²) in [5, 5.41) is 3.95. The van der Waals surface area contributed by atoms with E-state index in [-0.39, 0.29) is 5.82 Å². The van der Waals surface area contributed by atoms with Gasteiger partial charge in [0.15, 0.2) is 5.13 Å². The lowest BCUT2D eigenvalue weighted by Crippen LogP contribution is -2.06. The Bertz CT molecular complexity index is 533. The number of nitrogens with zero attached hydrogens (tertiary/aromatic N) is 1. The van der Waals surface area contributed by atoms with Crippen molar-refractivity contribution < 1.29 is 9.13 Å². The molecule has 1 N–H and O–H groups in total. The van der Waals surface area contributed by atoms with Gasteiger partial charge in [0.2, 0.25) is 0 Å². The third-order valence-corrected chi connectivity index (χ3v) is 3.96. The van der Waals surface area contributed by atoms with Crippen molar-refractivity contribution in [3.05, 3.63) is 34.7 Å². The number of halogens is 2. The van der Waals surface area contributed by atoms with E-state index in [0.717, 1.165) is 20.0 Å². The molecule has 0 amide bonds. The van der Waals surface area contributed by atoms with Crippen LogP contribution < -0.4 is 5.32 Å². The molecule has 0 spiro atoms. The second-order valence-electron chi connectivity index (χ2n) is 3.57. The van der Waals surface area contributed by atoms with Crippen LogP contribution in [0.15, 0.2) is 28.9 Å². The highest BCUT2D eigenvalue weighted by molar-refractivity contribution is 9.10. The van der Waals surface area contributed by atoms with Gasteiger partial charge < -0.3 is 10.1 Å². The first-order valence-corrected chi connectivity index (χ1v) is 6.95. The lowest BCUT2D eigenvalue weighted by atomic mass is 10.2. The predicted octanol–water partition coefficient (Wildman–Crippen LogP) is 3.77. The number of hydrogen-bond acceptors (Lipinski definition) is 4. The maximum absolute atomic E-state index is 13.2. The van der Waals surface area contributed by atoms with Crippen LogP contribution in [0.3, 0.4) is 0 Å². The standard InChI is InChI=1S/C12H12BrFN2OS/c1-17-5-4-15-12-16-7-11(18-12)9-6-8(14)2-3-10(9)13/h2-3,6-7H,4-5H2,1H3,(H,15,16). The molecule has 18 heavy (non-hydrogen) atoms. The van der Waals surface area contributed by atoms with Gasteiger partial charge in [0.05, 0.1) is 11.5 Å². The van der Waals surface area contributed by atoms with E-state index in [9.17, 15) is 4.39 Å². The van der Waals surface area contributed by atoms with Crippen molar-refractivity contribution in [1.82, 2.24) is 4.98 Å². The Morgan fingerprint density at radius 2 is 2.33 bits per heavy atom. The van der Waals surface area contributed by atoms with Gasteiger partial charge in [0.25, 0.3) is 0 Å². The Hall–Kier alpha value is -0.980. The van der Waals surface area contributed by atoms with Crippen LogP contribution >= 0.6 is 27.3 Å². The van der Waals surface area contributed by atoms with Crippen molar-refractivity contribution in [2.75, 3.05) is 25.6 Å². The van der Waals surface area contributed by atoms with Crippen LogP contribution in [0.4, 0.5) is 9.52 Å². The molecule has 0 aliphatic heterocycles. The lowest BCUT2D eigenvalue weighted by molar-refractivity contribution is 0.211. The molecular weight excluding hydrogens is 319 g/mol. The van der Waals surface area contributed by atoms with Crippen molar-refractivity contribution in [2.24, 2.45) is 0 Å². The summed E-state index contributed by atoms with van der Waals surface area (Å²) in [5.74, 6) is -0.254. The first kappa shape index (κ1) is 13.5. The summed E-state index contributed by atoms with van der Waals surface area (Å²) in [7, 11) is 1.65. The van der Waals surface area contributed by atoms with E-state index in [2.05, 4.69) is 26.2 Å². The molecular formula is C12H12BrFN2OS. The van der Waals surface area contributed by atoms with Crippen molar-refractivity contribution >= 4 is 32.4 Å². The second kappa shape index (κ2) is 6.26. The quantitative estimate of drug-likeness (QED) is 0.847. The maximum atomic E-state index is 13.2. The van der Waals surface area contributed by atoms with Crippen LogP contribution in [0.5, 0.6) is 0 Å². The summed E-state index contributed by atoms with van der Waals surface area (Å²) in [4.78, 5) is 5.16. The SMILES string of the molecule is COCCNc1ncc(-c2cc(F)ccc2Br)s1. The highest BCUT2D eigenvalue weighted by atomic mass is 79.9. The third-order valence-electron chi connectivity index (χ3n) is 2.28. The zero-order valence-corrected chi connectivity index (χ0v) is 12.1. The molecule has 0 bridgehead atoms. The highest BCUT2D eigenvalue weighted by Crippen LogP contribution is 2.34. The number of benzene rings is 1. The van der Waals surface area contributed by atoms with Gasteiger partial charge in [-0.25, -0.2) is 9.37 Å². The number of hydrogen-bond donors (Lipinski definition) is 1. The van der Waals surface area contributed by atoms with Crippen LogP contribution in [0.2, 0.25) is 0 Å². The molecule has 3 nitrogen and oxygen atoms in total. The topological polar surface area (TPSA) is 34.1 Å². The molecule has 2 aromatic rings. The number of rotatable bonds is 5. The average molecular weight is 331 g/mol. The van der Waals surface area contributed by atoms with E-state index < -0.39 is 0 Å². The summed E-state index contributed by atoms with van der Waals surface area (Å²) < 4.78 is 19.0. The normalized spacial score (nSPS) is 10.6. The number of ether oxygens (including phenoxy) is 1. The number of anilines is 1. The summed E-state index contributed by atoms with van der Waals surface area (Å²) in [6.07, 6.45) is 1.74. The zero-order chi connectivity index (χ0) is 13.0. The number of aromatic nitrogens is 1. The lowest BCUT2D eigenvalue weighted by Gasteiger charge is -2.01. The Morgan fingerprint density at radius 3 is 3.11 bits per heavy atom. The fourth-order valence-electron chi connectivity index (χ4n) is 1.43. The van der Waals surface area contributed by atoms with E-state index >= 15 is 0 Å². The van der Waals surface area contributed by atoms with Gasteiger partial charge in [-0.1, -0.05) is 27.3 Å². The van der Waals surface area contributed by atoms with Crippen molar-refractivity contribution in [1.29, 1.82) is 0 Å². The smallest absolute Gasteiger partial charge is 0.183 e. The molecule has 0 saturated carbocycles. The van der Waals surface area contributed by atoms with E-state index in [1.807, 2.05) is 0 Å². The Morgan fingerprint density at radius 1 is 1.50 bits per heavy atom. The average Bonchev–Trinajstić information content (AvgIpc) is 2.81. The summed E-state index contributed by atoms with van der Waals surface area (Å²) >= 11 is 4.90. The molecule has 0 aliphatic carbocycles. The molecule has 0 radical (unpaired) electrons. The van der Waals surface area contributed by atoms with Crippen molar-refractivity contribution in [2.45, 2.75) is 0 Å². The minimum Gasteiger partial charge on any atom is -0.383 e. The van der Waals surface area contributed by atoms with Gasteiger partial charge in [-0.05, 0) is 18.2 Å². The van der Waals surface area contributed by atoms with Gasteiger partial charge >= 0.3 is 0 Å². The molecule has 1 aromatic heterocycles. The van der Waals surface area contributed by atoms with E-state index in [0.29, 0.717) is 13.2 Å². The monoisotopic (exact) mass is 330 g/mol. The molecule has 0 atom stereocenters. The second-order valence-corrected chi connectivity index (χ2v) is 5.46. The van der Waals surface area contributed by atoms with Crippen molar-refractivity contribution in [3.63, 3.8) is 0 Å². The van der Waals surface area contributed by atoms with Crippen LogP contribution in [-0.4, -0.2) is 25.2 Å². The molecule has 96 valence electrons. The van der Waals surface area contributed by atoms with E-state index in [1.165, 1.54) is 23.5 Å². The molecule has 6 heteroatoms. The Kier molecular flexibility index (Phi) is 4.68. The van der Waals surface area contributed by atoms with Crippen LogP contribution in [0.25, 0.3) is 10.4 Å². The number of nitrogens with one attached hydrogen (secondary N) is 1. The molecule has 0 unspecified atom stereocenters. The molecule has 0 fully saturated rings. The van der Waals surface area contributed by atoms with Crippen LogP contribution in [-0.2, 0) is 4.74 Å². The summed E-state index contributed by atoms with van der Waals surface area (Å²) in [5.41, 5.74) is 0.812. The van der Waals surface area contributed by atoms with Gasteiger partial charge in [-0.3, -0.25) is 0 Å². The molecule has 2 rings (SSSR count). The first-order chi connectivity index (χ1) is 8.70.